The van der Waals surface area contributed by atoms with E-state index in [1.54, 1.807) is 16.7 Å². The molecule has 0 fully saturated rings. The molecule has 1 unspecified atom stereocenters. The zero-order valence-corrected chi connectivity index (χ0v) is 8.77. The molecule has 1 aliphatic carbocycles. The molecule has 0 spiro atoms. The van der Waals surface area contributed by atoms with Gasteiger partial charge in [0, 0.05) is 6.04 Å². The van der Waals surface area contributed by atoms with Gasteiger partial charge in [0.15, 0.2) is 0 Å². The molecule has 1 aromatic carbocycles. The van der Waals surface area contributed by atoms with Crippen molar-refractivity contribution in [2.45, 2.75) is 38.6 Å². The van der Waals surface area contributed by atoms with Crippen molar-refractivity contribution in [2.24, 2.45) is 0 Å². The third kappa shape index (κ3) is 1.12. The van der Waals surface area contributed by atoms with Crippen molar-refractivity contribution >= 4 is 0 Å². The first-order valence-corrected chi connectivity index (χ1v) is 5.71. The Kier molecular flexibility index (Phi) is 1.88. The monoisotopic (exact) mass is 187 g/mol. The lowest BCUT2D eigenvalue weighted by atomic mass is 9.80. The van der Waals surface area contributed by atoms with Crippen molar-refractivity contribution in [1.82, 2.24) is 5.32 Å². The van der Waals surface area contributed by atoms with Crippen LogP contribution in [0, 0.1) is 6.92 Å². The molecular weight excluding hydrogens is 170 g/mol. The number of rotatable bonds is 0. The maximum Gasteiger partial charge on any atom is 0.0326 e. The number of nitrogens with one attached hydrogen (secondary N) is 1. The SMILES string of the molecule is Cc1ccc2c3c1CCNC3CCC2. The number of benzene rings is 1. The molecule has 1 atom stereocenters. The van der Waals surface area contributed by atoms with Crippen LogP contribution in [0.5, 0.6) is 0 Å². The fourth-order valence-electron chi connectivity index (χ4n) is 3.02. The summed E-state index contributed by atoms with van der Waals surface area (Å²) in [5.41, 5.74) is 6.40. The summed E-state index contributed by atoms with van der Waals surface area (Å²) >= 11 is 0. The molecular formula is C13H17N. The highest BCUT2D eigenvalue weighted by Crippen LogP contribution is 2.36. The molecule has 1 heteroatoms. The second-order valence-corrected chi connectivity index (χ2v) is 4.58. The summed E-state index contributed by atoms with van der Waals surface area (Å²) in [6.07, 6.45) is 5.21. The largest absolute Gasteiger partial charge is 0.310 e. The van der Waals surface area contributed by atoms with Crippen molar-refractivity contribution in [3.63, 3.8) is 0 Å². The molecule has 0 aromatic heterocycles. The summed E-state index contributed by atoms with van der Waals surface area (Å²) in [6.45, 7) is 3.43. The molecule has 3 rings (SSSR count). The van der Waals surface area contributed by atoms with Crippen LogP contribution < -0.4 is 5.32 Å². The average molecular weight is 187 g/mol. The Labute approximate surface area is 85.5 Å². The third-order valence-electron chi connectivity index (χ3n) is 3.73. The van der Waals surface area contributed by atoms with E-state index < -0.39 is 0 Å². The van der Waals surface area contributed by atoms with E-state index in [2.05, 4.69) is 24.4 Å². The van der Waals surface area contributed by atoms with Crippen LogP contribution in [-0.4, -0.2) is 6.54 Å². The van der Waals surface area contributed by atoms with Gasteiger partial charge in [-0.15, -0.1) is 0 Å². The highest BCUT2D eigenvalue weighted by Gasteiger charge is 2.26. The molecule has 1 aliphatic heterocycles. The molecule has 1 N–H and O–H groups in total. The molecule has 1 heterocycles. The van der Waals surface area contributed by atoms with Crippen LogP contribution in [0.15, 0.2) is 12.1 Å². The van der Waals surface area contributed by atoms with Gasteiger partial charge in [0.2, 0.25) is 0 Å². The number of hydrogen-bond donors (Lipinski definition) is 1. The maximum atomic E-state index is 3.64. The molecule has 0 amide bonds. The fraction of sp³-hybridized carbons (Fsp3) is 0.538. The Morgan fingerprint density at radius 1 is 1.29 bits per heavy atom. The average Bonchev–Trinajstić information content (AvgIpc) is 2.24. The molecule has 1 aromatic rings. The van der Waals surface area contributed by atoms with Gasteiger partial charge in [0.05, 0.1) is 0 Å². The van der Waals surface area contributed by atoms with E-state index in [0.717, 1.165) is 0 Å². The summed E-state index contributed by atoms with van der Waals surface area (Å²) in [5, 5.41) is 3.64. The van der Waals surface area contributed by atoms with Gasteiger partial charge in [-0.3, -0.25) is 0 Å². The molecule has 0 bridgehead atoms. The van der Waals surface area contributed by atoms with E-state index in [0.29, 0.717) is 6.04 Å². The van der Waals surface area contributed by atoms with Crippen molar-refractivity contribution in [3.05, 3.63) is 34.4 Å². The minimum atomic E-state index is 0.669. The standard InChI is InChI=1S/C13H17N/c1-9-5-6-10-3-2-4-12-13(10)11(9)7-8-14-12/h5-6,12,14H,2-4,7-8H2,1H3. The third-order valence-corrected chi connectivity index (χ3v) is 3.73. The molecule has 14 heavy (non-hydrogen) atoms. The lowest BCUT2D eigenvalue weighted by Gasteiger charge is -2.33. The molecule has 0 saturated heterocycles. The lowest BCUT2D eigenvalue weighted by molar-refractivity contribution is 0.437. The van der Waals surface area contributed by atoms with Crippen molar-refractivity contribution in [3.8, 4) is 0 Å². The Morgan fingerprint density at radius 2 is 2.21 bits per heavy atom. The number of aryl methyl sites for hydroxylation is 2. The Morgan fingerprint density at radius 3 is 3.14 bits per heavy atom. The zero-order chi connectivity index (χ0) is 9.54. The minimum Gasteiger partial charge on any atom is -0.310 e. The smallest absolute Gasteiger partial charge is 0.0326 e. The van der Waals surface area contributed by atoms with E-state index in [1.165, 1.54) is 37.8 Å². The molecule has 0 radical (unpaired) electrons. The molecule has 1 nitrogen and oxygen atoms in total. The zero-order valence-electron chi connectivity index (χ0n) is 8.77. The van der Waals surface area contributed by atoms with E-state index in [-0.39, 0.29) is 0 Å². The Hall–Kier alpha value is -0.820. The highest BCUT2D eigenvalue weighted by molar-refractivity contribution is 5.45. The predicted molar refractivity (Wildman–Crippen MR) is 58.6 cm³/mol. The van der Waals surface area contributed by atoms with Gasteiger partial charge in [-0.2, -0.15) is 0 Å². The molecule has 74 valence electrons. The summed E-state index contributed by atoms with van der Waals surface area (Å²) in [5.74, 6) is 0. The topological polar surface area (TPSA) is 12.0 Å². The van der Waals surface area contributed by atoms with Crippen LogP contribution in [0.25, 0.3) is 0 Å². The Bertz CT molecular complexity index is 366. The van der Waals surface area contributed by atoms with E-state index in [9.17, 15) is 0 Å². The van der Waals surface area contributed by atoms with Crippen molar-refractivity contribution < 1.29 is 0 Å². The lowest BCUT2D eigenvalue weighted by Crippen LogP contribution is -2.33. The number of hydrogen-bond acceptors (Lipinski definition) is 1. The van der Waals surface area contributed by atoms with E-state index in [1.807, 2.05) is 0 Å². The normalized spacial score (nSPS) is 24.5. The highest BCUT2D eigenvalue weighted by atomic mass is 14.9. The quantitative estimate of drug-likeness (QED) is 0.658. The maximum absolute atomic E-state index is 3.64. The fourth-order valence-corrected chi connectivity index (χ4v) is 3.02. The summed E-state index contributed by atoms with van der Waals surface area (Å²) in [6, 6.07) is 5.32. The summed E-state index contributed by atoms with van der Waals surface area (Å²) < 4.78 is 0. The van der Waals surface area contributed by atoms with Crippen LogP contribution in [-0.2, 0) is 12.8 Å². The first-order valence-electron chi connectivity index (χ1n) is 5.71. The minimum absolute atomic E-state index is 0.669. The van der Waals surface area contributed by atoms with Gasteiger partial charge in [-0.1, -0.05) is 12.1 Å². The van der Waals surface area contributed by atoms with Crippen LogP contribution in [0.1, 0.15) is 41.1 Å². The first-order chi connectivity index (χ1) is 6.86. The van der Waals surface area contributed by atoms with Gasteiger partial charge in [0.1, 0.15) is 0 Å². The summed E-state index contributed by atoms with van der Waals surface area (Å²) in [7, 11) is 0. The van der Waals surface area contributed by atoms with Crippen molar-refractivity contribution in [1.29, 1.82) is 0 Å². The van der Waals surface area contributed by atoms with Crippen LogP contribution in [0.3, 0.4) is 0 Å². The summed E-state index contributed by atoms with van der Waals surface area (Å²) in [4.78, 5) is 0. The van der Waals surface area contributed by atoms with Crippen LogP contribution in [0.2, 0.25) is 0 Å². The van der Waals surface area contributed by atoms with Crippen LogP contribution in [0.4, 0.5) is 0 Å². The Balaban J connectivity index is 2.22. The van der Waals surface area contributed by atoms with E-state index >= 15 is 0 Å². The predicted octanol–water partition coefficient (Wildman–Crippen LogP) is 2.52. The van der Waals surface area contributed by atoms with Crippen LogP contribution >= 0.6 is 0 Å². The second-order valence-electron chi connectivity index (χ2n) is 4.58. The van der Waals surface area contributed by atoms with E-state index in [4.69, 9.17) is 0 Å². The van der Waals surface area contributed by atoms with Gasteiger partial charge in [-0.25, -0.2) is 0 Å². The van der Waals surface area contributed by atoms with Gasteiger partial charge < -0.3 is 5.32 Å². The first kappa shape index (κ1) is 8.49. The van der Waals surface area contributed by atoms with Gasteiger partial charge in [0.25, 0.3) is 0 Å². The van der Waals surface area contributed by atoms with Gasteiger partial charge in [-0.05, 0) is 61.4 Å². The van der Waals surface area contributed by atoms with Crippen molar-refractivity contribution in [2.75, 3.05) is 6.54 Å². The molecule has 0 saturated carbocycles. The van der Waals surface area contributed by atoms with Gasteiger partial charge >= 0.3 is 0 Å². The molecule has 2 aliphatic rings. The second kappa shape index (κ2) is 3.09.